The van der Waals surface area contributed by atoms with E-state index >= 15 is 0 Å². The lowest BCUT2D eigenvalue weighted by molar-refractivity contribution is -0.143. The first-order valence-corrected chi connectivity index (χ1v) is 11.3. The molecule has 168 valence electrons. The third-order valence-electron chi connectivity index (χ3n) is 4.90. The first-order valence-electron chi connectivity index (χ1n) is 10.2. The summed E-state index contributed by atoms with van der Waals surface area (Å²) in [5.41, 5.74) is 0.858. The van der Waals surface area contributed by atoms with Crippen LogP contribution in [0.1, 0.15) is 39.2 Å². The van der Waals surface area contributed by atoms with Crippen LogP contribution < -0.4 is 10.1 Å². The van der Waals surface area contributed by atoms with Gasteiger partial charge in [-0.05, 0) is 55.7 Å². The first-order chi connectivity index (χ1) is 14.7. The second kappa shape index (κ2) is 12.2. The highest BCUT2D eigenvalue weighted by Crippen LogP contribution is 2.27. The number of hydrogen-bond donors (Lipinski definition) is 1. The Labute approximate surface area is 198 Å². The number of carbonyl (C=O) groups excluding carboxylic acids is 2. The molecule has 0 saturated carbocycles. The average molecular weight is 486 g/mol. The van der Waals surface area contributed by atoms with Crippen LogP contribution in [0.3, 0.4) is 0 Å². The van der Waals surface area contributed by atoms with Gasteiger partial charge in [0.05, 0.1) is 5.02 Å². The number of nitrogens with zero attached hydrogens (tertiary/aromatic N) is 1. The van der Waals surface area contributed by atoms with Crippen LogP contribution in [0, 0.1) is 0 Å². The second-order valence-corrected chi connectivity index (χ2v) is 8.53. The normalized spacial score (nSPS) is 12.7. The molecule has 0 heterocycles. The zero-order valence-corrected chi connectivity index (χ0v) is 20.1. The number of halogens is 3. The van der Waals surface area contributed by atoms with Gasteiger partial charge >= 0.3 is 0 Å². The van der Waals surface area contributed by atoms with Gasteiger partial charge in [0, 0.05) is 22.6 Å². The van der Waals surface area contributed by atoms with Gasteiger partial charge in [-0.3, -0.25) is 9.59 Å². The molecule has 2 atom stereocenters. The number of amides is 2. The van der Waals surface area contributed by atoms with Crippen molar-refractivity contribution >= 4 is 46.6 Å². The SMILES string of the molecule is CC[C@H](C)NC(=O)[C@H](CC)N(Cc1ccc(Cl)cc1)C(=O)COc1ccc(Cl)cc1Cl. The topological polar surface area (TPSA) is 58.6 Å². The molecule has 0 fully saturated rings. The van der Waals surface area contributed by atoms with E-state index in [9.17, 15) is 9.59 Å². The maximum absolute atomic E-state index is 13.2. The number of nitrogens with one attached hydrogen (secondary N) is 1. The maximum Gasteiger partial charge on any atom is 0.261 e. The van der Waals surface area contributed by atoms with Crippen LogP contribution in [0.4, 0.5) is 0 Å². The fourth-order valence-corrected chi connectivity index (χ4v) is 3.55. The van der Waals surface area contributed by atoms with E-state index in [0.29, 0.717) is 27.2 Å². The molecule has 0 saturated heterocycles. The van der Waals surface area contributed by atoms with Crippen LogP contribution in [0.15, 0.2) is 42.5 Å². The van der Waals surface area contributed by atoms with Gasteiger partial charge < -0.3 is 15.0 Å². The Morgan fingerprint density at radius 3 is 2.23 bits per heavy atom. The van der Waals surface area contributed by atoms with E-state index in [1.54, 1.807) is 30.3 Å². The molecule has 0 aliphatic rings. The van der Waals surface area contributed by atoms with Crippen LogP contribution in [-0.4, -0.2) is 35.4 Å². The van der Waals surface area contributed by atoms with Gasteiger partial charge in [-0.2, -0.15) is 0 Å². The predicted octanol–water partition coefficient (Wildman–Crippen LogP) is 5.75. The molecule has 0 radical (unpaired) electrons. The van der Waals surface area contributed by atoms with Gasteiger partial charge in [-0.1, -0.05) is 60.8 Å². The molecule has 2 rings (SSSR count). The molecule has 5 nitrogen and oxygen atoms in total. The summed E-state index contributed by atoms with van der Waals surface area (Å²) in [5, 5.41) is 4.35. The summed E-state index contributed by atoms with van der Waals surface area (Å²) in [6.45, 7) is 5.79. The van der Waals surface area contributed by atoms with Crippen molar-refractivity contribution in [3.05, 3.63) is 63.1 Å². The molecule has 8 heteroatoms. The second-order valence-electron chi connectivity index (χ2n) is 7.25. The Morgan fingerprint density at radius 2 is 1.65 bits per heavy atom. The minimum atomic E-state index is -0.638. The van der Waals surface area contributed by atoms with Crippen molar-refractivity contribution in [2.45, 2.75) is 52.2 Å². The lowest BCUT2D eigenvalue weighted by Gasteiger charge is -2.31. The molecule has 31 heavy (non-hydrogen) atoms. The first kappa shape index (κ1) is 25.3. The zero-order chi connectivity index (χ0) is 23.0. The van der Waals surface area contributed by atoms with Crippen LogP contribution in [0.5, 0.6) is 5.75 Å². The van der Waals surface area contributed by atoms with E-state index in [-0.39, 0.29) is 31.0 Å². The van der Waals surface area contributed by atoms with Crippen molar-refractivity contribution < 1.29 is 14.3 Å². The number of benzene rings is 2. The Bertz CT molecular complexity index is 890. The van der Waals surface area contributed by atoms with E-state index in [2.05, 4.69) is 5.32 Å². The van der Waals surface area contributed by atoms with Crippen LogP contribution >= 0.6 is 34.8 Å². The molecule has 0 aliphatic heterocycles. The van der Waals surface area contributed by atoms with Gasteiger partial charge in [0.15, 0.2) is 6.61 Å². The molecule has 2 aromatic rings. The monoisotopic (exact) mass is 484 g/mol. The van der Waals surface area contributed by atoms with Gasteiger partial charge in [-0.25, -0.2) is 0 Å². The molecule has 2 aromatic carbocycles. The highest BCUT2D eigenvalue weighted by Gasteiger charge is 2.29. The molecule has 0 spiro atoms. The third kappa shape index (κ3) is 7.60. The molecule has 0 aliphatic carbocycles. The van der Waals surface area contributed by atoms with Crippen molar-refractivity contribution in [2.75, 3.05) is 6.61 Å². The van der Waals surface area contributed by atoms with Gasteiger partial charge in [-0.15, -0.1) is 0 Å². The molecule has 0 unspecified atom stereocenters. The molecular weight excluding hydrogens is 459 g/mol. The van der Waals surface area contributed by atoms with Crippen molar-refractivity contribution in [3.63, 3.8) is 0 Å². The van der Waals surface area contributed by atoms with Gasteiger partial charge in [0.2, 0.25) is 5.91 Å². The van der Waals surface area contributed by atoms with E-state index in [1.807, 2.05) is 32.9 Å². The smallest absolute Gasteiger partial charge is 0.261 e. The highest BCUT2D eigenvalue weighted by molar-refractivity contribution is 6.35. The van der Waals surface area contributed by atoms with E-state index in [0.717, 1.165) is 12.0 Å². The standard InChI is InChI=1S/C23H27Cl3N2O3/c1-4-15(3)27-23(30)20(5-2)28(13-16-6-8-17(24)9-7-16)22(29)14-31-21-11-10-18(25)12-19(21)26/h6-12,15,20H,4-5,13-14H2,1-3H3,(H,27,30)/t15-,20-/m0/s1. The zero-order valence-electron chi connectivity index (χ0n) is 17.8. The number of ether oxygens (including phenoxy) is 1. The van der Waals surface area contributed by atoms with Crippen molar-refractivity contribution in [2.24, 2.45) is 0 Å². The number of carbonyl (C=O) groups is 2. The van der Waals surface area contributed by atoms with Crippen LogP contribution in [-0.2, 0) is 16.1 Å². The van der Waals surface area contributed by atoms with Crippen molar-refractivity contribution in [3.8, 4) is 5.75 Å². The quantitative estimate of drug-likeness (QED) is 0.466. The van der Waals surface area contributed by atoms with Crippen LogP contribution in [0.25, 0.3) is 0 Å². The lowest BCUT2D eigenvalue weighted by atomic mass is 10.1. The largest absolute Gasteiger partial charge is 0.482 e. The highest BCUT2D eigenvalue weighted by atomic mass is 35.5. The fraction of sp³-hybridized carbons (Fsp3) is 0.391. The summed E-state index contributed by atoms with van der Waals surface area (Å²) in [4.78, 5) is 27.6. The minimum absolute atomic E-state index is 0.0122. The predicted molar refractivity (Wildman–Crippen MR) is 126 cm³/mol. The van der Waals surface area contributed by atoms with Gasteiger partial charge in [0.1, 0.15) is 11.8 Å². The van der Waals surface area contributed by atoms with E-state index < -0.39 is 6.04 Å². The number of rotatable bonds is 10. The third-order valence-corrected chi connectivity index (χ3v) is 5.68. The average Bonchev–Trinajstić information content (AvgIpc) is 2.74. The van der Waals surface area contributed by atoms with Crippen molar-refractivity contribution in [1.29, 1.82) is 0 Å². The summed E-state index contributed by atoms with van der Waals surface area (Å²) in [7, 11) is 0. The van der Waals surface area contributed by atoms with Crippen LogP contribution in [0.2, 0.25) is 15.1 Å². The summed E-state index contributed by atoms with van der Waals surface area (Å²) in [6, 6.07) is 11.3. The number of hydrogen-bond acceptors (Lipinski definition) is 3. The summed E-state index contributed by atoms with van der Waals surface area (Å²) in [5.74, 6) is -0.168. The summed E-state index contributed by atoms with van der Waals surface area (Å²) >= 11 is 18.0. The maximum atomic E-state index is 13.2. The summed E-state index contributed by atoms with van der Waals surface area (Å²) in [6.07, 6.45) is 1.26. The molecule has 0 bridgehead atoms. The van der Waals surface area contributed by atoms with Crippen molar-refractivity contribution in [1.82, 2.24) is 10.2 Å². The van der Waals surface area contributed by atoms with E-state index in [1.165, 1.54) is 4.90 Å². The Hall–Kier alpha value is -1.95. The Balaban J connectivity index is 2.22. The molecule has 1 N–H and O–H groups in total. The van der Waals surface area contributed by atoms with E-state index in [4.69, 9.17) is 39.5 Å². The molecule has 0 aromatic heterocycles. The molecular formula is C23H27Cl3N2O3. The minimum Gasteiger partial charge on any atom is -0.482 e. The lowest BCUT2D eigenvalue weighted by Crippen LogP contribution is -2.51. The Kier molecular flexibility index (Phi) is 9.94. The fourth-order valence-electron chi connectivity index (χ4n) is 2.96. The summed E-state index contributed by atoms with van der Waals surface area (Å²) < 4.78 is 5.63. The Morgan fingerprint density at radius 1 is 1.00 bits per heavy atom. The molecule has 2 amide bonds. The van der Waals surface area contributed by atoms with Gasteiger partial charge in [0.25, 0.3) is 5.91 Å².